The van der Waals surface area contributed by atoms with E-state index in [9.17, 15) is 0 Å². The summed E-state index contributed by atoms with van der Waals surface area (Å²) < 4.78 is 0. The summed E-state index contributed by atoms with van der Waals surface area (Å²) in [4.78, 5) is 0. The maximum atomic E-state index is 9.11. The van der Waals surface area contributed by atoms with Crippen LogP contribution in [0.25, 0.3) is 0 Å². The van der Waals surface area contributed by atoms with E-state index in [0.29, 0.717) is 6.42 Å². The molecule has 0 saturated carbocycles. The average Bonchev–Trinajstić information content (AvgIpc) is 1.87. The predicted molar refractivity (Wildman–Crippen MR) is 46.3 cm³/mol. The number of rotatable bonds is 4. The van der Waals surface area contributed by atoms with E-state index in [2.05, 4.69) is 0 Å². The first kappa shape index (κ1) is 10.4. The molecule has 0 aliphatic heterocycles. The van der Waals surface area contributed by atoms with Crippen LogP contribution in [-0.4, -0.2) is 22.4 Å². The molecule has 0 fully saturated rings. The third kappa shape index (κ3) is 7.30. The molecule has 2 atom stereocenters. The van der Waals surface area contributed by atoms with Crippen LogP contribution in [0.2, 0.25) is 0 Å². The highest BCUT2D eigenvalue weighted by Gasteiger charge is 1.91. The van der Waals surface area contributed by atoms with Gasteiger partial charge in [0.05, 0.1) is 12.2 Å². The molecule has 2 N–H and O–H groups in total. The van der Waals surface area contributed by atoms with E-state index in [0.717, 1.165) is 0 Å². The van der Waals surface area contributed by atoms with E-state index < -0.39 is 6.10 Å². The van der Waals surface area contributed by atoms with Gasteiger partial charge in [0.25, 0.3) is 0 Å². The summed E-state index contributed by atoms with van der Waals surface area (Å²) in [5, 5.41) is 18.0. The Morgan fingerprint density at radius 2 is 1.91 bits per heavy atom. The zero-order valence-corrected chi connectivity index (χ0v) is 7.07. The molecule has 0 aliphatic carbocycles. The van der Waals surface area contributed by atoms with Crippen LogP contribution in [0.4, 0.5) is 0 Å². The number of hydrogen-bond donors (Lipinski definition) is 2. The molecule has 2 nitrogen and oxygen atoms in total. The van der Waals surface area contributed by atoms with Gasteiger partial charge in [-0.2, -0.15) is 0 Å². The van der Waals surface area contributed by atoms with Crippen molar-refractivity contribution in [3.05, 3.63) is 24.3 Å². The summed E-state index contributed by atoms with van der Waals surface area (Å²) >= 11 is 0. The molecule has 2 unspecified atom stereocenters. The molecule has 0 spiro atoms. The number of allylic oxidation sites excluding steroid dienone is 1. The van der Waals surface area contributed by atoms with Gasteiger partial charge >= 0.3 is 0 Å². The van der Waals surface area contributed by atoms with Gasteiger partial charge < -0.3 is 10.2 Å². The minimum Gasteiger partial charge on any atom is -0.393 e. The molecule has 0 rings (SSSR count). The van der Waals surface area contributed by atoms with Crippen LogP contribution in [-0.2, 0) is 0 Å². The minimum absolute atomic E-state index is 0.330. The molecule has 0 saturated heterocycles. The third-order valence-electron chi connectivity index (χ3n) is 1.20. The number of aliphatic hydroxyl groups is 2. The quantitative estimate of drug-likeness (QED) is 0.601. The normalized spacial score (nSPS) is 17.8. The standard InChI is InChI=1S/C9H16O2/c1-3-5-9(11)7-4-6-8(2)10/h3-5,7-11H,6H2,1-2H3. The molecule has 0 aromatic rings. The highest BCUT2D eigenvalue weighted by Crippen LogP contribution is 1.94. The van der Waals surface area contributed by atoms with Gasteiger partial charge in [-0.25, -0.2) is 0 Å². The molecule has 0 heterocycles. The summed E-state index contributed by atoms with van der Waals surface area (Å²) in [5.41, 5.74) is 0. The van der Waals surface area contributed by atoms with Crippen molar-refractivity contribution in [2.24, 2.45) is 0 Å². The minimum atomic E-state index is -0.515. The second kappa shape index (κ2) is 6.13. The van der Waals surface area contributed by atoms with Crippen LogP contribution in [0, 0.1) is 0 Å². The van der Waals surface area contributed by atoms with Gasteiger partial charge in [-0.15, -0.1) is 0 Å². The lowest BCUT2D eigenvalue weighted by Gasteiger charge is -1.98. The van der Waals surface area contributed by atoms with Crippen molar-refractivity contribution in [3.8, 4) is 0 Å². The zero-order valence-electron chi connectivity index (χ0n) is 7.07. The van der Waals surface area contributed by atoms with Gasteiger partial charge in [-0.1, -0.05) is 24.3 Å². The van der Waals surface area contributed by atoms with E-state index >= 15 is 0 Å². The summed E-state index contributed by atoms with van der Waals surface area (Å²) in [7, 11) is 0. The van der Waals surface area contributed by atoms with Gasteiger partial charge in [0.1, 0.15) is 0 Å². The topological polar surface area (TPSA) is 40.5 Å². The van der Waals surface area contributed by atoms with Gasteiger partial charge in [0, 0.05) is 0 Å². The van der Waals surface area contributed by atoms with Gasteiger partial charge in [-0.05, 0) is 20.3 Å². The Labute approximate surface area is 67.9 Å². The Kier molecular flexibility index (Phi) is 5.80. The van der Waals surface area contributed by atoms with Crippen LogP contribution in [0.3, 0.4) is 0 Å². The Morgan fingerprint density at radius 3 is 2.36 bits per heavy atom. The predicted octanol–water partition coefficient (Wildman–Crippen LogP) is 1.25. The SMILES string of the molecule is CC=CC(O)C=CCC(C)O. The first-order chi connectivity index (χ1) is 5.16. The van der Waals surface area contributed by atoms with E-state index in [-0.39, 0.29) is 6.10 Å². The van der Waals surface area contributed by atoms with Crippen molar-refractivity contribution >= 4 is 0 Å². The molecule has 0 aromatic heterocycles. The van der Waals surface area contributed by atoms with Crippen molar-refractivity contribution in [2.45, 2.75) is 32.5 Å². The third-order valence-corrected chi connectivity index (χ3v) is 1.20. The molecular weight excluding hydrogens is 140 g/mol. The molecule has 0 radical (unpaired) electrons. The van der Waals surface area contributed by atoms with E-state index in [1.165, 1.54) is 0 Å². The zero-order chi connectivity index (χ0) is 8.69. The monoisotopic (exact) mass is 156 g/mol. The lowest BCUT2D eigenvalue weighted by atomic mass is 10.2. The largest absolute Gasteiger partial charge is 0.393 e. The Balaban J connectivity index is 3.56. The van der Waals surface area contributed by atoms with Crippen molar-refractivity contribution in [1.82, 2.24) is 0 Å². The highest BCUT2D eigenvalue weighted by molar-refractivity contribution is 5.00. The molecule has 64 valence electrons. The molecule has 0 aromatic carbocycles. The van der Waals surface area contributed by atoms with Crippen LogP contribution in [0.1, 0.15) is 20.3 Å². The second-order valence-electron chi connectivity index (χ2n) is 2.53. The average molecular weight is 156 g/mol. The maximum absolute atomic E-state index is 9.11. The molecular formula is C9H16O2. The van der Waals surface area contributed by atoms with Crippen molar-refractivity contribution in [3.63, 3.8) is 0 Å². The second-order valence-corrected chi connectivity index (χ2v) is 2.53. The summed E-state index contributed by atoms with van der Waals surface area (Å²) in [6.45, 7) is 3.57. The fourth-order valence-electron chi connectivity index (χ4n) is 0.676. The lowest BCUT2D eigenvalue weighted by Crippen LogP contribution is -1.99. The summed E-state index contributed by atoms with van der Waals surface area (Å²) in [5.74, 6) is 0. The van der Waals surface area contributed by atoms with Crippen LogP contribution in [0.15, 0.2) is 24.3 Å². The van der Waals surface area contributed by atoms with Gasteiger partial charge in [0.15, 0.2) is 0 Å². The fraction of sp³-hybridized carbons (Fsp3) is 0.556. The smallest absolute Gasteiger partial charge is 0.0902 e. The van der Waals surface area contributed by atoms with E-state index in [1.807, 2.05) is 6.92 Å². The molecule has 0 aliphatic rings. The van der Waals surface area contributed by atoms with Crippen LogP contribution in [0.5, 0.6) is 0 Å². The van der Waals surface area contributed by atoms with E-state index in [4.69, 9.17) is 10.2 Å². The van der Waals surface area contributed by atoms with Crippen molar-refractivity contribution < 1.29 is 10.2 Å². The summed E-state index contributed by atoms with van der Waals surface area (Å²) in [6.07, 6.45) is 6.65. The lowest BCUT2D eigenvalue weighted by molar-refractivity contribution is 0.198. The Bertz CT molecular complexity index is 136. The first-order valence-electron chi connectivity index (χ1n) is 3.82. The fourth-order valence-corrected chi connectivity index (χ4v) is 0.676. The first-order valence-corrected chi connectivity index (χ1v) is 3.82. The molecule has 0 bridgehead atoms. The van der Waals surface area contributed by atoms with Crippen molar-refractivity contribution in [1.29, 1.82) is 0 Å². The van der Waals surface area contributed by atoms with Crippen LogP contribution >= 0.6 is 0 Å². The molecule has 11 heavy (non-hydrogen) atoms. The molecule has 2 heteroatoms. The summed E-state index contributed by atoms with van der Waals surface area (Å²) in [6, 6.07) is 0. The van der Waals surface area contributed by atoms with Crippen molar-refractivity contribution in [2.75, 3.05) is 0 Å². The Morgan fingerprint density at radius 1 is 1.27 bits per heavy atom. The number of aliphatic hydroxyl groups excluding tert-OH is 2. The number of hydrogen-bond acceptors (Lipinski definition) is 2. The Hall–Kier alpha value is -0.600. The van der Waals surface area contributed by atoms with E-state index in [1.54, 1.807) is 31.2 Å². The molecule has 0 amide bonds. The maximum Gasteiger partial charge on any atom is 0.0902 e. The highest BCUT2D eigenvalue weighted by atomic mass is 16.3. The van der Waals surface area contributed by atoms with Gasteiger partial charge in [-0.3, -0.25) is 0 Å². The van der Waals surface area contributed by atoms with Crippen LogP contribution < -0.4 is 0 Å². The van der Waals surface area contributed by atoms with Gasteiger partial charge in [0.2, 0.25) is 0 Å².